The quantitative estimate of drug-likeness (QED) is 0.583. The highest BCUT2D eigenvalue weighted by molar-refractivity contribution is 7.09. The van der Waals surface area contributed by atoms with E-state index in [-0.39, 0.29) is 5.56 Å². The van der Waals surface area contributed by atoms with E-state index in [1.807, 2.05) is 6.92 Å². The first-order chi connectivity index (χ1) is 13.0. The third-order valence-electron chi connectivity index (χ3n) is 4.37. The van der Waals surface area contributed by atoms with Crippen molar-refractivity contribution in [2.45, 2.75) is 40.2 Å². The fraction of sp³-hybridized carbons (Fsp3) is 0.273. The summed E-state index contributed by atoms with van der Waals surface area (Å²) >= 11 is 1.54. The van der Waals surface area contributed by atoms with Crippen LogP contribution in [0, 0.1) is 12.7 Å². The molecule has 0 fully saturated rings. The molecule has 3 aromatic rings. The predicted octanol–water partition coefficient (Wildman–Crippen LogP) is 5.38. The van der Waals surface area contributed by atoms with Crippen molar-refractivity contribution in [1.29, 1.82) is 0 Å². The lowest BCUT2D eigenvalue weighted by atomic mass is 10.1. The van der Waals surface area contributed by atoms with Gasteiger partial charge in [0.1, 0.15) is 5.82 Å². The van der Waals surface area contributed by atoms with Crippen LogP contribution < -0.4 is 4.80 Å². The van der Waals surface area contributed by atoms with E-state index in [2.05, 4.69) is 47.7 Å². The Balaban J connectivity index is 2.14. The van der Waals surface area contributed by atoms with Gasteiger partial charge in [0.15, 0.2) is 4.80 Å². The highest BCUT2D eigenvalue weighted by atomic mass is 32.1. The van der Waals surface area contributed by atoms with Gasteiger partial charge in [-0.2, -0.15) is 4.99 Å². The highest BCUT2D eigenvalue weighted by Gasteiger charge is 2.15. The Labute approximate surface area is 162 Å². The molecule has 0 aliphatic rings. The molecule has 1 amide bonds. The maximum Gasteiger partial charge on any atom is 0.279 e. The largest absolute Gasteiger partial charge is 0.316 e. The van der Waals surface area contributed by atoms with Crippen molar-refractivity contribution in [2.75, 3.05) is 0 Å². The van der Waals surface area contributed by atoms with E-state index in [4.69, 9.17) is 0 Å². The summed E-state index contributed by atoms with van der Waals surface area (Å²) in [5, 5.41) is 0. The van der Waals surface area contributed by atoms with Gasteiger partial charge in [0, 0.05) is 17.0 Å². The number of hydrogen-bond acceptors (Lipinski definition) is 2. The number of aryl methyl sites for hydroxylation is 2. The van der Waals surface area contributed by atoms with Gasteiger partial charge in [-0.1, -0.05) is 49.2 Å². The van der Waals surface area contributed by atoms with Crippen molar-refractivity contribution >= 4 is 17.2 Å². The zero-order valence-corrected chi connectivity index (χ0v) is 16.6. The minimum atomic E-state index is -0.433. The molecule has 0 saturated heterocycles. The first kappa shape index (κ1) is 19.2. The van der Waals surface area contributed by atoms with Crippen LogP contribution in [0.2, 0.25) is 0 Å². The Morgan fingerprint density at radius 2 is 1.89 bits per heavy atom. The van der Waals surface area contributed by atoms with Gasteiger partial charge in [0.05, 0.1) is 5.69 Å². The zero-order valence-electron chi connectivity index (χ0n) is 15.8. The number of hydrogen-bond donors (Lipinski definition) is 0. The molecule has 3 nitrogen and oxygen atoms in total. The van der Waals surface area contributed by atoms with Crippen LogP contribution in [0.1, 0.15) is 41.1 Å². The van der Waals surface area contributed by atoms with E-state index in [1.54, 1.807) is 17.4 Å². The van der Waals surface area contributed by atoms with E-state index >= 15 is 0 Å². The Hall–Kier alpha value is -2.53. The van der Waals surface area contributed by atoms with Gasteiger partial charge in [-0.05, 0) is 44.0 Å². The van der Waals surface area contributed by atoms with Gasteiger partial charge in [-0.25, -0.2) is 4.39 Å². The second-order valence-electron chi connectivity index (χ2n) is 6.44. The van der Waals surface area contributed by atoms with Crippen LogP contribution in [0.3, 0.4) is 0 Å². The van der Waals surface area contributed by atoms with Gasteiger partial charge >= 0.3 is 0 Å². The van der Waals surface area contributed by atoms with E-state index < -0.39 is 11.7 Å². The molecule has 1 aromatic heterocycles. The van der Waals surface area contributed by atoms with Gasteiger partial charge in [0.2, 0.25) is 0 Å². The summed E-state index contributed by atoms with van der Waals surface area (Å²) in [7, 11) is 0. The number of benzene rings is 2. The lowest BCUT2D eigenvalue weighted by Gasteiger charge is -2.09. The smallest absolute Gasteiger partial charge is 0.279 e. The molecular formula is C22H23FN2OS. The number of aromatic nitrogens is 1. The maximum absolute atomic E-state index is 13.4. The van der Waals surface area contributed by atoms with Crippen molar-refractivity contribution < 1.29 is 9.18 Å². The summed E-state index contributed by atoms with van der Waals surface area (Å²) in [4.78, 5) is 18.8. The first-order valence-corrected chi connectivity index (χ1v) is 9.99. The SMILES string of the molecule is CCCc1sc(=NC(=O)c2cccc(F)c2)n(CC)c1-c1ccc(C)cc1. The Bertz CT molecular complexity index is 1020. The molecular weight excluding hydrogens is 359 g/mol. The molecule has 0 bridgehead atoms. The van der Waals surface area contributed by atoms with Crippen molar-refractivity contribution in [3.63, 3.8) is 0 Å². The summed E-state index contributed by atoms with van der Waals surface area (Å²) in [6, 6.07) is 14.1. The second-order valence-corrected chi connectivity index (χ2v) is 7.51. The molecule has 0 radical (unpaired) electrons. The molecule has 0 aliphatic carbocycles. The normalized spacial score (nSPS) is 11.8. The molecule has 0 aliphatic heterocycles. The van der Waals surface area contributed by atoms with Crippen molar-refractivity contribution in [2.24, 2.45) is 4.99 Å². The van der Waals surface area contributed by atoms with Crippen LogP contribution in [0.4, 0.5) is 4.39 Å². The predicted molar refractivity (Wildman–Crippen MR) is 108 cm³/mol. The van der Waals surface area contributed by atoms with Crippen LogP contribution in [-0.2, 0) is 13.0 Å². The van der Waals surface area contributed by atoms with Crippen molar-refractivity contribution in [3.8, 4) is 11.3 Å². The molecule has 0 N–H and O–H groups in total. The average molecular weight is 383 g/mol. The molecule has 140 valence electrons. The van der Waals surface area contributed by atoms with Crippen LogP contribution in [-0.4, -0.2) is 10.5 Å². The van der Waals surface area contributed by atoms with E-state index in [0.29, 0.717) is 11.3 Å². The van der Waals surface area contributed by atoms with Gasteiger partial charge in [-0.15, -0.1) is 11.3 Å². The van der Waals surface area contributed by atoms with E-state index in [0.717, 1.165) is 24.1 Å². The first-order valence-electron chi connectivity index (χ1n) is 9.17. The number of carbonyl (C=O) groups is 1. The molecule has 3 rings (SSSR count). The molecule has 0 saturated carbocycles. The number of amides is 1. The molecule has 0 atom stereocenters. The maximum atomic E-state index is 13.4. The minimum absolute atomic E-state index is 0.264. The summed E-state index contributed by atoms with van der Waals surface area (Å²) in [6.45, 7) is 6.96. The third-order valence-corrected chi connectivity index (χ3v) is 5.50. The van der Waals surface area contributed by atoms with Crippen LogP contribution >= 0.6 is 11.3 Å². The number of nitrogens with zero attached hydrogens (tertiary/aromatic N) is 2. The molecule has 27 heavy (non-hydrogen) atoms. The van der Waals surface area contributed by atoms with E-state index in [1.165, 1.54) is 28.6 Å². The lowest BCUT2D eigenvalue weighted by molar-refractivity contribution is 0.0997. The molecule has 1 heterocycles. The Morgan fingerprint density at radius 3 is 2.52 bits per heavy atom. The number of carbonyl (C=O) groups excluding carboxylic acids is 1. The van der Waals surface area contributed by atoms with Crippen molar-refractivity contribution in [1.82, 2.24) is 4.57 Å². The summed E-state index contributed by atoms with van der Waals surface area (Å²) in [5.74, 6) is -0.853. The fourth-order valence-electron chi connectivity index (χ4n) is 3.03. The van der Waals surface area contributed by atoms with Gasteiger partial charge in [0.25, 0.3) is 5.91 Å². The molecule has 5 heteroatoms. The molecule has 0 spiro atoms. The Morgan fingerprint density at radius 1 is 1.15 bits per heavy atom. The standard InChI is InChI=1S/C22H23FN2OS/c1-4-7-19-20(16-12-10-15(3)11-13-16)25(5-2)22(27-19)24-21(26)17-8-6-9-18(23)14-17/h6,8-14H,4-5,7H2,1-3H3. The number of halogens is 1. The number of thiazole rings is 1. The lowest BCUT2D eigenvalue weighted by Crippen LogP contribution is -2.17. The zero-order chi connectivity index (χ0) is 19.4. The van der Waals surface area contributed by atoms with Crippen LogP contribution in [0.15, 0.2) is 53.5 Å². The average Bonchev–Trinajstić information content (AvgIpc) is 2.99. The van der Waals surface area contributed by atoms with Crippen LogP contribution in [0.25, 0.3) is 11.3 Å². The third kappa shape index (κ3) is 4.25. The fourth-order valence-corrected chi connectivity index (χ4v) is 4.34. The highest BCUT2D eigenvalue weighted by Crippen LogP contribution is 2.27. The summed E-state index contributed by atoms with van der Waals surface area (Å²) < 4.78 is 15.5. The second kappa shape index (κ2) is 8.44. The van der Waals surface area contributed by atoms with Crippen LogP contribution in [0.5, 0.6) is 0 Å². The molecule has 2 aromatic carbocycles. The number of rotatable bonds is 5. The molecule has 0 unspecified atom stereocenters. The summed E-state index contributed by atoms with van der Waals surface area (Å²) in [5.41, 5.74) is 3.72. The van der Waals surface area contributed by atoms with Crippen molar-refractivity contribution in [3.05, 3.63) is 75.2 Å². The van der Waals surface area contributed by atoms with Gasteiger partial charge < -0.3 is 4.57 Å². The van der Waals surface area contributed by atoms with E-state index in [9.17, 15) is 9.18 Å². The topological polar surface area (TPSA) is 34.4 Å². The monoisotopic (exact) mass is 382 g/mol. The summed E-state index contributed by atoms with van der Waals surface area (Å²) in [6.07, 6.45) is 1.94. The van der Waals surface area contributed by atoms with Gasteiger partial charge in [-0.3, -0.25) is 4.79 Å². The Kier molecular flexibility index (Phi) is 6.01. The minimum Gasteiger partial charge on any atom is -0.316 e.